The first-order valence-corrected chi connectivity index (χ1v) is 15.4. The van der Waals surface area contributed by atoms with Crippen LogP contribution in [0, 0.1) is 30.2 Å². The second-order valence-corrected chi connectivity index (χ2v) is 12.8. The van der Waals surface area contributed by atoms with Gasteiger partial charge < -0.3 is 4.90 Å². The van der Waals surface area contributed by atoms with Crippen molar-refractivity contribution >= 4 is 21.6 Å². The van der Waals surface area contributed by atoms with Crippen LogP contribution >= 0.6 is 0 Å². The lowest BCUT2D eigenvalue weighted by Crippen LogP contribution is -2.41. The second kappa shape index (κ2) is 12.8. The number of H-pyrrole nitrogens is 1. The highest BCUT2D eigenvalue weighted by Crippen LogP contribution is 2.33. The number of rotatable bonds is 9. The molecule has 14 heteroatoms. The largest absolute Gasteiger partial charge is 0.307 e. The number of hydrogen-bond acceptors (Lipinski definition) is 6. The van der Waals surface area contributed by atoms with Crippen LogP contribution in [0.1, 0.15) is 54.7 Å². The molecule has 0 radical (unpaired) electrons. The minimum absolute atomic E-state index is 0.0391. The van der Waals surface area contributed by atoms with Crippen LogP contribution in [-0.4, -0.2) is 52.8 Å². The molecule has 3 aromatic carbocycles. The molecule has 44 heavy (non-hydrogen) atoms. The molecule has 1 N–H and O–H groups in total. The molecule has 0 spiro atoms. The summed E-state index contributed by atoms with van der Waals surface area (Å²) in [7, 11) is -4.27. The Kier molecular flexibility index (Phi) is 9.11. The molecule has 1 fully saturated rings. The van der Waals surface area contributed by atoms with Gasteiger partial charge in [-0.1, -0.05) is 43.5 Å². The number of carbonyl (C=O) groups is 1. The molecule has 9 nitrogen and oxygen atoms in total. The fourth-order valence-corrected chi connectivity index (χ4v) is 6.61. The SMILES string of the molecule is Cc1c(F)c(F)c(S(=O)(=O)N(C)CC(=O)N(Cc2ccc(C3CCCCC3)cc2)c2ccc(-c3nnn[nH]3)cc2)c(F)c1F. The standard InChI is InChI=1S/C30H30F4N6O3S/c1-18-25(31)27(33)29(28(34)26(18)32)44(42,43)39(2)17-24(41)40(23-14-12-22(13-15-23)30-35-37-38-36-30)16-19-8-10-21(11-9-19)20-6-4-3-5-7-20/h8-15,20H,3-7,16-17H2,1-2H3,(H,35,36,37,38). The van der Waals surface area contributed by atoms with E-state index in [2.05, 4.69) is 20.6 Å². The Morgan fingerprint density at radius 1 is 0.909 bits per heavy atom. The summed E-state index contributed by atoms with van der Waals surface area (Å²) < 4.78 is 84.3. The van der Waals surface area contributed by atoms with Gasteiger partial charge in [0.25, 0.3) is 0 Å². The van der Waals surface area contributed by atoms with Gasteiger partial charge in [-0.25, -0.2) is 31.1 Å². The molecule has 0 aliphatic heterocycles. The molecule has 1 heterocycles. The number of halogens is 4. The van der Waals surface area contributed by atoms with Gasteiger partial charge in [0.1, 0.15) is 0 Å². The van der Waals surface area contributed by atoms with Gasteiger partial charge in [-0.15, -0.1) is 5.10 Å². The third kappa shape index (κ3) is 6.22. The lowest BCUT2D eigenvalue weighted by molar-refractivity contribution is -0.118. The van der Waals surface area contributed by atoms with E-state index in [9.17, 15) is 30.8 Å². The number of nitrogens with one attached hydrogen (secondary N) is 1. The van der Waals surface area contributed by atoms with Crippen molar-refractivity contribution in [3.63, 3.8) is 0 Å². The third-order valence-electron chi connectivity index (χ3n) is 7.96. The normalized spacial score (nSPS) is 14.2. The number of hydrogen-bond donors (Lipinski definition) is 1. The fourth-order valence-electron chi connectivity index (χ4n) is 5.38. The summed E-state index contributed by atoms with van der Waals surface area (Å²) in [6, 6.07) is 14.4. The molecule has 1 aliphatic rings. The first kappa shape index (κ1) is 31.3. The Morgan fingerprint density at radius 2 is 1.52 bits per heavy atom. The molecular weight excluding hydrogens is 600 g/mol. The van der Waals surface area contributed by atoms with Gasteiger partial charge in [-0.05, 0) is 71.5 Å². The Balaban J connectivity index is 1.43. The number of tetrazole rings is 1. The van der Waals surface area contributed by atoms with Crippen molar-refractivity contribution in [3.8, 4) is 11.4 Å². The van der Waals surface area contributed by atoms with Crippen molar-refractivity contribution in [1.82, 2.24) is 24.9 Å². The molecule has 5 rings (SSSR count). The number of anilines is 1. The van der Waals surface area contributed by atoms with E-state index in [4.69, 9.17) is 0 Å². The average Bonchev–Trinajstić information content (AvgIpc) is 3.58. The zero-order chi connectivity index (χ0) is 31.6. The lowest BCUT2D eigenvalue weighted by atomic mass is 9.84. The van der Waals surface area contributed by atoms with Crippen molar-refractivity contribution in [2.75, 3.05) is 18.5 Å². The molecule has 4 aromatic rings. The number of carbonyl (C=O) groups excluding carboxylic acids is 1. The van der Waals surface area contributed by atoms with Gasteiger partial charge >= 0.3 is 0 Å². The number of sulfonamides is 1. The van der Waals surface area contributed by atoms with Crippen LogP contribution in [0.25, 0.3) is 11.4 Å². The number of aromatic amines is 1. The Hall–Kier alpha value is -4.17. The van der Waals surface area contributed by atoms with E-state index in [1.807, 2.05) is 24.3 Å². The van der Waals surface area contributed by atoms with Crippen molar-refractivity contribution in [1.29, 1.82) is 0 Å². The lowest BCUT2D eigenvalue weighted by Gasteiger charge is -2.27. The summed E-state index contributed by atoms with van der Waals surface area (Å²) in [6.07, 6.45) is 5.83. The third-order valence-corrected chi connectivity index (χ3v) is 9.79. The molecule has 1 saturated carbocycles. The fraction of sp³-hybridized carbons (Fsp3) is 0.333. The van der Waals surface area contributed by atoms with Gasteiger partial charge in [0.05, 0.1) is 13.1 Å². The zero-order valence-corrected chi connectivity index (χ0v) is 24.8. The van der Waals surface area contributed by atoms with Crippen LogP contribution in [0.2, 0.25) is 0 Å². The van der Waals surface area contributed by atoms with Crippen molar-refractivity contribution in [2.24, 2.45) is 0 Å². The first-order valence-electron chi connectivity index (χ1n) is 14.0. The van der Waals surface area contributed by atoms with Gasteiger partial charge in [0.2, 0.25) is 15.9 Å². The van der Waals surface area contributed by atoms with Crippen LogP contribution < -0.4 is 4.90 Å². The van der Waals surface area contributed by atoms with E-state index >= 15 is 0 Å². The van der Waals surface area contributed by atoms with Crippen LogP contribution in [0.5, 0.6) is 0 Å². The summed E-state index contributed by atoms with van der Waals surface area (Å²) in [6.45, 7) is -0.0616. The van der Waals surface area contributed by atoms with E-state index in [0.29, 0.717) is 27.3 Å². The highest BCUT2D eigenvalue weighted by molar-refractivity contribution is 7.89. The summed E-state index contributed by atoms with van der Waals surface area (Å²) in [5, 5.41) is 13.6. The van der Waals surface area contributed by atoms with Gasteiger partial charge in [-0.3, -0.25) is 4.79 Å². The van der Waals surface area contributed by atoms with Crippen molar-refractivity contribution in [3.05, 3.63) is 88.5 Å². The minimum atomic E-state index is -5.17. The highest BCUT2D eigenvalue weighted by atomic mass is 32.2. The van der Waals surface area contributed by atoms with Crippen LogP contribution in [-0.2, 0) is 21.4 Å². The molecule has 1 amide bonds. The average molecular weight is 631 g/mol. The zero-order valence-electron chi connectivity index (χ0n) is 24.0. The highest BCUT2D eigenvalue weighted by Gasteiger charge is 2.36. The first-order chi connectivity index (χ1) is 21.0. The van der Waals surface area contributed by atoms with E-state index < -0.39 is 56.2 Å². The molecule has 0 unspecified atom stereocenters. The number of aromatic nitrogens is 4. The van der Waals surface area contributed by atoms with E-state index in [1.165, 1.54) is 29.7 Å². The van der Waals surface area contributed by atoms with Gasteiger partial charge in [0.15, 0.2) is 34.0 Å². The van der Waals surface area contributed by atoms with Crippen molar-refractivity contribution < 1.29 is 30.8 Å². The Labute approximate surface area is 251 Å². The predicted octanol–water partition coefficient (Wildman–Crippen LogP) is 5.63. The van der Waals surface area contributed by atoms with Crippen molar-refractivity contribution in [2.45, 2.75) is 56.4 Å². The van der Waals surface area contributed by atoms with Crippen LogP contribution in [0.4, 0.5) is 23.2 Å². The molecule has 1 aromatic heterocycles. The number of amides is 1. The topological polar surface area (TPSA) is 112 Å². The quantitative estimate of drug-likeness (QED) is 0.190. The Bertz CT molecular complexity index is 1720. The molecule has 1 aliphatic carbocycles. The number of likely N-dealkylation sites (N-methyl/N-ethyl adjacent to an activating group) is 1. The maximum Gasteiger partial charge on any atom is 0.249 e. The molecular formula is C30H30F4N6O3S. The summed E-state index contributed by atoms with van der Waals surface area (Å²) >= 11 is 0. The van der Waals surface area contributed by atoms with Crippen LogP contribution in [0.3, 0.4) is 0 Å². The molecule has 0 saturated heterocycles. The van der Waals surface area contributed by atoms with Crippen LogP contribution in [0.15, 0.2) is 53.4 Å². The summed E-state index contributed by atoms with van der Waals surface area (Å²) in [5.41, 5.74) is 1.98. The smallest absolute Gasteiger partial charge is 0.249 e. The second-order valence-electron chi connectivity index (χ2n) is 10.8. The summed E-state index contributed by atoms with van der Waals surface area (Å²) in [5.74, 6) is -7.67. The van der Waals surface area contributed by atoms with Gasteiger partial charge in [0, 0.05) is 23.9 Å². The number of nitrogens with zero attached hydrogens (tertiary/aromatic N) is 5. The molecule has 232 valence electrons. The predicted molar refractivity (Wildman–Crippen MR) is 154 cm³/mol. The van der Waals surface area contributed by atoms with E-state index in [-0.39, 0.29) is 6.54 Å². The maximum atomic E-state index is 14.6. The minimum Gasteiger partial charge on any atom is -0.307 e. The van der Waals surface area contributed by atoms with Gasteiger partial charge in [-0.2, -0.15) is 4.31 Å². The van der Waals surface area contributed by atoms with E-state index in [1.54, 1.807) is 24.3 Å². The maximum absolute atomic E-state index is 14.6. The Morgan fingerprint density at radius 3 is 2.09 bits per heavy atom. The molecule has 0 atom stereocenters. The molecule has 0 bridgehead atoms. The monoisotopic (exact) mass is 630 g/mol. The van der Waals surface area contributed by atoms with E-state index in [0.717, 1.165) is 32.4 Å². The summed E-state index contributed by atoms with van der Waals surface area (Å²) in [4.78, 5) is 13.2. The number of benzene rings is 3.